The fraction of sp³-hybridized carbons (Fsp3) is 0.250. The lowest BCUT2D eigenvalue weighted by atomic mass is 10.1. The van der Waals surface area contributed by atoms with Gasteiger partial charge in [-0.15, -0.1) is 10.2 Å². The topological polar surface area (TPSA) is 38.7 Å². The quantitative estimate of drug-likeness (QED) is 0.845. The maximum atomic E-state index is 5.95. The van der Waals surface area contributed by atoms with E-state index in [1.807, 2.05) is 0 Å². The van der Waals surface area contributed by atoms with Crippen LogP contribution in [0, 0.1) is 0 Å². The van der Waals surface area contributed by atoms with Gasteiger partial charge in [0.1, 0.15) is 5.03 Å². The van der Waals surface area contributed by atoms with E-state index in [2.05, 4.69) is 33.4 Å². The van der Waals surface area contributed by atoms with E-state index < -0.39 is 0 Å². The third kappa shape index (κ3) is 2.46. The lowest BCUT2D eigenvalue weighted by Gasteiger charge is -2.05. The zero-order valence-electron chi connectivity index (χ0n) is 9.36. The predicted molar refractivity (Wildman–Crippen MR) is 72.4 cm³/mol. The van der Waals surface area contributed by atoms with Crippen LogP contribution in [0.5, 0.6) is 0 Å². The number of hydrogen-bond donors (Lipinski definition) is 0. The molecule has 0 bridgehead atoms. The van der Waals surface area contributed by atoms with Gasteiger partial charge in [0.15, 0.2) is 5.15 Å². The van der Waals surface area contributed by atoms with E-state index in [0.717, 1.165) is 11.3 Å². The molecule has 0 spiro atoms. The highest BCUT2D eigenvalue weighted by Gasteiger charge is 2.13. The van der Waals surface area contributed by atoms with E-state index >= 15 is 0 Å². The molecule has 0 aliphatic heterocycles. The number of hydrogen-bond acceptors (Lipinski definition) is 4. The molecule has 0 saturated heterocycles. The van der Waals surface area contributed by atoms with Crippen molar-refractivity contribution in [2.75, 3.05) is 0 Å². The Labute approximate surface area is 119 Å². The summed E-state index contributed by atoms with van der Waals surface area (Å²) in [4.78, 5) is 5.19. The standard InChI is InChI=1S/C12H9Cl2N3S/c13-10-11(15-12(14)17-16-10)18-9-5-4-7-2-1-3-8(7)6-9/h4-6H,1-3H2. The highest BCUT2D eigenvalue weighted by atomic mass is 35.5. The third-order valence-corrected chi connectivity index (χ3v) is 4.37. The first kappa shape index (κ1) is 12.2. The molecule has 0 radical (unpaired) electrons. The van der Waals surface area contributed by atoms with E-state index in [1.165, 1.54) is 35.7 Å². The summed E-state index contributed by atoms with van der Waals surface area (Å²) in [5.74, 6) is 0. The molecule has 2 aromatic rings. The molecule has 0 unspecified atom stereocenters. The first-order chi connectivity index (χ1) is 8.72. The second kappa shape index (κ2) is 5.03. The number of rotatable bonds is 2. The molecule has 0 saturated carbocycles. The van der Waals surface area contributed by atoms with Crippen LogP contribution in [0.1, 0.15) is 17.5 Å². The van der Waals surface area contributed by atoms with Gasteiger partial charge in [0, 0.05) is 4.90 Å². The average molecular weight is 298 g/mol. The molecule has 1 aromatic heterocycles. The molecule has 1 aliphatic carbocycles. The lowest BCUT2D eigenvalue weighted by Crippen LogP contribution is -1.91. The Morgan fingerprint density at radius 3 is 2.78 bits per heavy atom. The Kier molecular flexibility index (Phi) is 3.41. The van der Waals surface area contributed by atoms with Crippen LogP contribution in [-0.2, 0) is 12.8 Å². The fourth-order valence-corrected chi connectivity index (χ4v) is 3.25. The van der Waals surface area contributed by atoms with Crippen LogP contribution in [0.25, 0.3) is 0 Å². The van der Waals surface area contributed by atoms with Crippen molar-refractivity contribution in [2.24, 2.45) is 0 Å². The van der Waals surface area contributed by atoms with Crippen molar-refractivity contribution in [1.82, 2.24) is 15.2 Å². The first-order valence-corrected chi connectivity index (χ1v) is 7.15. The lowest BCUT2D eigenvalue weighted by molar-refractivity contribution is 0.904. The summed E-state index contributed by atoms with van der Waals surface area (Å²) in [6.07, 6.45) is 3.58. The molecule has 3 rings (SSSR count). The van der Waals surface area contributed by atoms with E-state index in [4.69, 9.17) is 23.2 Å². The van der Waals surface area contributed by atoms with E-state index in [-0.39, 0.29) is 10.4 Å². The molecule has 0 atom stereocenters. The van der Waals surface area contributed by atoms with Crippen LogP contribution < -0.4 is 0 Å². The summed E-state index contributed by atoms with van der Waals surface area (Å²) < 4.78 is 0. The highest BCUT2D eigenvalue weighted by molar-refractivity contribution is 7.99. The van der Waals surface area contributed by atoms with Gasteiger partial charge in [0.25, 0.3) is 0 Å². The number of fused-ring (bicyclic) bond motifs is 1. The van der Waals surface area contributed by atoms with Crippen LogP contribution in [0.2, 0.25) is 10.4 Å². The normalized spacial score (nSPS) is 13.7. The second-order valence-electron chi connectivity index (χ2n) is 4.06. The van der Waals surface area contributed by atoms with Crippen molar-refractivity contribution >= 4 is 35.0 Å². The summed E-state index contributed by atoms with van der Waals surface area (Å²) in [7, 11) is 0. The monoisotopic (exact) mass is 297 g/mol. The van der Waals surface area contributed by atoms with Gasteiger partial charge < -0.3 is 0 Å². The van der Waals surface area contributed by atoms with Crippen molar-refractivity contribution in [3.8, 4) is 0 Å². The summed E-state index contributed by atoms with van der Waals surface area (Å²) in [6.45, 7) is 0. The van der Waals surface area contributed by atoms with Crippen LogP contribution in [-0.4, -0.2) is 15.2 Å². The molecule has 3 nitrogen and oxygen atoms in total. The van der Waals surface area contributed by atoms with Gasteiger partial charge in [-0.05, 0) is 54.1 Å². The minimum Gasteiger partial charge on any atom is -0.206 e. The molecular weight excluding hydrogens is 289 g/mol. The molecule has 0 N–H and O–H groups in total. The number of benzene rings is 1. The Balaban J connectivity index is 1.90. The van der Waals surface area contributed by atoms with E-state index in [9.17, 15) is 0 Å². The zero-order valence-corrected chi connectivity index (χ0v) is 11.7. The number of halogens is 2. The molecule has 1 aliphatic rings. The van der Waals surface area contributed by atoms with Gasteiger partial charge in [0.05, 0.1) is 0 Å². The highest BCUT2D eigenvalue weighted by Crippen LogP contribution is 2.33. The largest absolute Gasteiger partial charge is 0.244 e. The van der Waals surface area contributed by atoms with E-state index in [1.54, 1.807) is 0 Å². The molecule has 0 fully saturated rings. The number of nitrogens with zero attached hydrogens (tertiary/aromatic N) is 3. The van der Waals surface area contributed by atoms with Gasteiger partial charge in [0.2, 0.25) is 5.28 Å². The maximum Gasteiger partial charge on any atom is 0.244 e. The Morgan fingerprint density at radius 1 is 1.06 bits per heavy atom. The minimum absolute atomic E-state index is 0.114. The zero-order chi connectivity index (χ0) is 12.5. The summed E-state index contributed by atoms with van der Waals surface area (Å²) in [5, 5.41) is 8.33. The summed E-state index contributed by atoms with van der Waals surface area (Å²) in [6, 6.07) is 6.45. The molecular formula is C12H9Cl2N3S. The van der Waals surface area contributed by atoms with Crippen LogP contribution in [0.15, 0.2) is 28.1 Å². The first-order valence-electron chi connectivity index (χ1n) is 5.58. The summed E-state index contributed by atoms with van der Waals surface area (Å²) in [5.41, 5.74) is 2.87. The average Bonchev–Trinajstić information content (AvgIpc) is 2.81. The third-order valence-electron chi connectivity index (χ3n) is 2.88. The molecule has 1 aromatic carbocycles. The Hall–Kier alpha value is -0.840. The summed E-state index contributed by atoms with van der Waals surface area (Å²) >= 11 is 13.1. The predicted octanol–water partition coefficient (Wildman–Crippen LogP) is 3.82. The van der Waals surface area contributed by atoms with Crippen LogP contribution in [0.4, 0.5) is 0 Å². The minimum atomic E-state index is 0.114. The molecule has 92 valence electrons. The van der Waals surface area contributed by atoms with Gasteiger partial charge in [-0.1, -0.05) is 29.4 Å². The molecule has 6 heteroatoms. The van der Waals surface area contributed by atoms with Gasteiger partial charge in [-0.25, -0.2) is 4.98 Å². The van der Waals surface area contributed by atoms with Gasteiger partial charge >= 0.3 is 0 Å². The maximum absolute atomic E-state index is 5.95. The van der Waals surface area contributed by atoms with Gasteiger partial charge in [-0.2, -0.15) is 0 Å². The Morgan fingerprint density at radius 2 is 1.89 bits per heavy atom. The van der Waals surface area contributed by atoms with Crippen molar-refractivity contribution in [3.63, 3.8) is 0 Å². The Bertz CT molecular complexity index is 604. The van der Waals surface area contributed by atoms with Crippen molar-refractivity contribution in [1.29, 1.82) is 0 Å². The molecule has 1 heterocycles. The van der Waals surface area contributed by atoms with Gasteiger partial charge in [-0.3, -0.25) is 0 Å². The van der Waals surface area contributed by atoms with Crippen molar-refractivity contribution < 1.29 is 0 Å². The SMILES string of the molecule is Clc1nnc(Cl)c(Sc2ccc3c(c2)CCC3)n1. The molecule has 0 amide bonds. The molecule has 18 heavy (non-hydrogen) atoms. The van der Waals surface area contributed by atoms with Crippen LogP contribution in [0.3, 0.4) is 0 Å². The van der Waals surface area contributed by atoms with Crippen molar-refractivity contribution in [2.45, 2.75) is 29.2 Å². The smallest absolute Gasteiger partial charge is 0.206 e. The van der Waals surface area contributed by atoms with E-state index in [0.29, 0.717) is 5.03 Å². The number of aromatic nitrogens is 3. The van der Waals surface area contributed by atoms with Crippen LogP contribution >= 0.6 is 35.0 Å². The van der Waals surface area contributed by atoms with Crippen molar-refractivity contribution in [3.05, 3.63) is 39.8 Å². The second-order valence-corrected chi connectivity index (χ2v) is 5.82. The fourth-order valence-electron chi connectivity index (χ4n) is 2.07. The number of aryl methyl sites for hydroxylation is 2.